The van der Waals surface area contributed by atoms with E-state index < -0.39 is 0 Å². The van der Waals surface area contributed by atoms with Crippen LogP contribution in [-0.2, 0) is 0 Å². The maximum Gasteiger partial charge on any atom is 0.0443 e. The number of aliphatic hydroxyl groups is 1. The molecule has 4 heteroatoms. The van der Waals surface area contributed by atoms with Crippen LogP contribution in [0.15, 0.2) is 0 Å². The zero-order valence-electron chi connectivity index (χ0n) is 8.78. The van der Waals surface area contributed by atoms with E-state index in [1.165, 1.54) is 26.2 Å². The molecule has 0 bridgehead atoms. The van der Waals surface area contributed by atoms with Crippen LogP contribution in [0.5, 0.6) is 0 Å². The second-order valence-corrected chi connectivity index (χ2v) is 4.28. The molecule has 0 spiro atoms. The summed E-state index contributed by atoms with van der Waals surface area (Å²) in [7, 11) is 0. The molecule has 4 nitrogen and oxygen atoms in total. The van der Waals surface area contributed by atoms with E-state index in [9.17, 15) is 0 Å². The van der Waals surface area contributed by atoms with Gasteiger partial charge >= 0.3 is 0 Å². The highest BCUT2D eigenvalue weighted by atomic mass is 16.3. The molecule has 0 atom stereocenters. The third kappa shape index (κ3) is 2.45. The van der Waals surface area contributed by atoms with Crippen molar-refractivity contribution in [3.05, 3.63) is 0 Å². The van der Waals surface area contributed by atoms with E-state index in [4.69, 9.17) is 5.11 Å². The normalized spacial score (nSPS) is 26.4. The molecule has 0 aromatic heterocycles. The van der Waals surface area contributed by atoms with Crippen LogP contribution in [0.1, 0.15) is 6.42 Å². The smallest absolute Gasteiger partial charge is 0.0443 e. The van der Waals surface area contributed by atoms with Gasteiger partial charge in [0, 0.05) is 58.5 Å². The van der Waals surface area contributed by atoms with Gasteiger partial charge in [-0.25, -0.2) is 0 Å². The summed E-state index contributed by atoms with van der Waals surface area (Å²) in [5, 5.41) is 12.1. The topological polar surface area (TPSA) is 38.7 Å². The first kappa shape index (κ1) is 10.4. The third-order valence-electron chi connectivity index (χ3n) is 3.24. The van der Waals surface area contributed by atoms with Gasteiger partial charge in [-0.3, -0.25) is 4.90 Å². The van der Waals surface area contributed by atoms with Crippen LogP contribution in [0, 0.1) is 0 Å². The molecule has 2 aliphatic rings. The van der Waals surface area contributed by atoms with Crippen molar-refractivity contribution in [1.82, 2.24) is 15.1 Å². The van der Waals surface area contributed by atoms with Gasteiger partial charge in [0.05, 0.1) is 0 Å². The summed E-state index contributed by atoms with van der Waals surface area (Å²) in [6, 6.07) is 0.788. The molecule has 0 radical (unpaired) electrons. The standard InChI is InChI=1S/C10H21N3O/c14-7-1-4-12-8-10(9-12)13-5-2-11-3-6-13/h10-11,14H,1-9H2. The van der Waals surface area contributed by atoms with Gasteiger partial charge in [-0.1, -0.05) is 0 Å². The molecule has 2 heterocycles. The van der Waals surface area contributed by atoms with Crippen LogP contribution in [0.3, 0.4) is 0 Å². The maximum atomic E-state index is 8.70. The van der Waals surface area contributed by atoms with Gasteiger partial charge < -0.3 is 15.3 Å². The number of rotatable bonds is 4. The van der Waals surface area contributed by atoms with E-state index in [-0.39, 0.29) is 0 Å². The summed E-state index contributed by atoms with van der Waals surface area (Å²) in [6.07, 6.45) is 0.925. The van der Waals surface area contributed by atoms with Crippen LogP contribution in [0.25, 0.3) is 0 Å². The van der Waals surface area contributed by atoms with Gasteiger partial charge in [0.2, 0.25) is 0 Å². The zero-order valence-corrected chi connectivity index (χ0v) is 8.78. The molecular formula is C10H21N3O. The molecule has 0 aromatic carbocycles. The average Bonchev–Trinajstić information content (AvgIpc) is 2.17. The van der Waals surface area contributed by atoms with Crippen LogP contribution < -0.4 is 5.32 Å². The second kappa shape index (κ2) is 5.07. The first-order valence-electron chi connectivity index (χ1n) is 5.68. The van der Waals surface area contributed by atoms with Crippen LogP contribution in [0.2, 0.25) is 0 Å². The Morgan fingerprint density at radius 3 is 2.57 bits per heavy atom. The number of likely N-dealkylation sites (tertiary alicyclic amines) is 1. The Bertz CT molecular complexity index is 165. The highest BCUT2D eigenvalue weighted by molar-refractivity contribution is 4.89. The first-order valence-corrected chi connectivity index (χ1v) is 5.68. The summed E-state index contributed by atoms with van der Waals surface area (Å²) in [4.78, 5) is 5.02. The summed E-state index contributed by atoms with van der Waals surface area (Å²) >= 11 is 0. The summed E-state index contributed by atoms with van der Waals surface area (Å²) in [5.41, 5.74) is 0. The van der Waals surface area contributed by atoms with Crippen molar-refractivity contribution in [2.24, 2.45) is 0 Å². The molecule has 2 saturated heterocycles. The van der Waals surface area contributed by atoms with Crippen molar-refractivity contribution in [3.63, 3.8) is 0 Å². The van der Waals surface area contributed by atoms with Crippen molar-refractivity contribution in [2.45, 2.75) is 12.5 Å². The minimum atomic E-state index is 0.328. The molecule has 0 unspecified atom stereocenters. The third-order valence-corrected chi connectivity index (χ3v) is 3.24. The van der Waals surface area contributed by atoms with Crippen molar-refractivity contribution < 1.29 is 5.11 Å². The predicted octanol–water partition coefficient (Wildman–Crippen LogP) is -1.04. The van der Waals surface area contributed by atoms with Gasteiger partial charge in [0.1, 0.15) is 0 Å². The van der Waals surface area contributed by atoms with E-state index in [0.717, 1.165) is 32.1 Å². The zero-order chi connectivity index (χ0) is 9.80. The monoisotopic (exact) mass is 199 g/mol. The van der Waals surface area contributed by atoms with Gasteiger partial charge in [0.25, 0.3) is 0 Å². The minimum Gasteiger partial charge on any atom is -0.396 e. The average molecular weight is 199 g/mol. The number of hydrogen-bond acceptors (Lipinski definition) is 4. The molecule has 2 aliphatic heterocycles. The number of hydrogen-bond donors (Lipinski definition) is 2. The Morgan fingerprint density at radius 1 is 1.21 bits per heavy atom. The highest BCUT2D eigenvalue weighted by Crippen LogP contribution is 2.15. The number of aliphatic hydroxyl groups excluding tert-OH is 1. The molecule has 0 saturated carbocycles. The van der Waals surface area contributed by atoms with Gasteiger partial charge in [-0.05, 0) is 6.42 Å². The predicted molar refractivity (Wildman–Crippen MR) is 56.4 cm³/mol. The number of nitrogens with zero attached hydrogens (tertiary/aromatic N) is 2. The van der Waals surface area contributed by atoms with Crippen LogP contribution in [0.4, 0.5) is 0 Å². The second-order valence-electron chi connectivity index (χ2n) is 4.28. The Balaban J connectivity index is 1.61. The van der Waals surface area contributed by atoms with Crippen LogP contribution in [-0.4, -0.2) is 73.4 Å². The fraction of sp³-hybridized carbons (Fsp3) is 1.00. The van der Waals surface area contributed by atoms with E-state index in [1.54, 1.807) is 0 Å². The Kier molecular flexibility index (Phi) is 3.75. The summed E-state index contributed by atoms with van der Waals surface area (Å²) < 4.78 is 0. The molecule has 82 valence electrons. The molecule has 0 aromatic rings. The van der Waals surface area contributed by atoms with Crippen molar-refractivity contribution in [3.8, 4) is 0 Å². The molecule has 2 fully saturated rings. The quantitative estimate of drug-likeness (QED) is 0.606. The summed E-state index contributed by atoms with van der Waals surface area (Å²) in [6.45, 7) is 8.52. The molecule has 0 amide bonds. The Labute approximate surface area is 85.9 Å². The lowest BCUT2D eigenvalue weighted by Gasteiger charge is -2.46. The van der Waals surface area contributed by atoms with Crippen LogP contribution >= 0.6 is 0 Å². The summed E-state index contributed by atoms with van der Waals surface area (Å²) in [5.74, 6) is 0. The fourth-order valence-corrected chi connectivity index (χ4v) is 2.30. The maximum absolute atomic E-state index is 8.70. The molecular weight excluding hydrogens is 178 g/mol. The molecule has 2 rings (SSSR count). The van der Waals surface area contributed by atoms with E-state index in [1.807, 2.05) is 0 Å². The fourth-order valence-electron chi connectivity index (χ4n) is 2.30. The van der Waals surface area contributed by atoms with Gasteiger partial charge in [-0.15, -0.1) is 0 Å². The SMILES string of the molecule is OCCCN1CC(N2CCNCC2)C1. The largest absolute Gasteiger partial charge is 0.396 e. The van der Waals surface area contributed by atoms with Crippen molar-refractivity contribution >= 4 is 0 Å². The lowest BCUT2D eigenvalue weighted by atomic mass is 10.1. The van der Waals surface area contributed by atoms with Crippen molar-refractivity contribution in [1.29, 1.82) is 0 Å². The Morgan fingerprint density at radius 2 is 1.93 bits per heavy atom. The number of nitrogens with one attached hydrogen (secondary N) is 1. The first-order chi connectivity index (χ1) is 6.90. The molecule has 2 N–H and O–H groups in total. The van der Waals surface area contributed by atoms with Gasteiger partial charge in [0.15, 0.2) is 0 Å². The lowest BCUT2D eigenvalue weighted by Crippen LogP contribution is -2.62. The highest BCUT2D eigenvalue weighted by Gasteiger charge is 2.31. The van der Waals surface area contributed by atoms with Crippen molar-refractivity contribution in [2.75, 3.05) is 52.4 Å². The number of piperazine rings is 1. The van der Waals surface area contributed by atoms with Gasteiger partial charge in [-0.2, -0.15) is 0 Å². The van der Waals surface area contributed by atoms with E-state index >= 15 is 0 Å². The van der Waals surface area contributed by atoms with E-state index in [0.29, 0.717) is 6.61 Å². The molecule has 0 aliphatic carbocycles. The minimum absolute atomic E-state index is 0.328. The Hall–Kier alpha value is -0.160. The molecule has 14 heavy (non-hydrogen) atoms. The van der Waals surface area contributed by atoms with E-state index in [2.05, 4.69) is 15.1 Å². The lowest BCUT2D eigenvalue weighted by molar-refractivity contribution is 0.0242.